The molecule has 116 valence electrons. The summed E-state index contributed by atoms with van der Waals surface area (Å²) in [5.74, 6) is 0.342. The van der Waals surface area contributed by atoms with Gasteiger partial charge in [-0.3, -0.25) is 20.2 Å². The third-order valence-electron chi connectivity index (χ3n) is 2.81. The lowest BCUT2D eigenvalue weighted by Gasteiger charge is -1.97. The van der Waals surface area contributed by atoms with E-state index < -0.39 is 5.91 Å². The Labute approximate surface area is 134 Å². The van der Waals surface area contributed by atoms with Crippen molar-refractivity contribution in [2.75, 3.05) is 16.4 Å². The van der Waals surface area contributed by atoms with Gasteiger partial charge in [0, 0.05) is 5.92 Å². The number of nitrogens with zero attached hydrogens (tertiary/aromatic N) is 3. The minimum absolute atomic E-state index is 0.0292. The standard InChI is InChI=1S/C12H13N5O3S2/c1-2-21-12-17-16-11(22-12)15-9(19)7-5-20-10(13-7)14-8(18)6-3-4-6/h5-6H,2-4H2,1H3,(H,13,14,18)(H,15,16,19). The molecule has 0 aromatic carbocycles. The Morgan fingerprint density at radius 3 is 2.95 bits per heavy atom. The molecule has 0 aliphatic heterocycles. The molecule has 0 spiro atoms. The lowest BCUT2D eigenvalue weighted by atomic mass is 10.4. The molecule has 0 atom stereocenters. The quantitative estimate of drug-likeness (QED) is 0.613. The van der Waals surface area contributed by atoms with Crippen LogP contribution in [-0.2, 0) is 4.79 Å². The monoisotopic (exact) mass is 339 g/mol. The summed E-state index contributed by atoms with van der Waals surface area (Å²) in [6, 6.07) is 0.0292. The van der Waals surface area contributed by atoms with Gasteiger partial charge in [0.2, 0.25) is 11.0 Å². The second kappa shape index (κ2) is 6.44. The van der Waals surface area contributed by atoms with E-state index in [-0.39, 0.29) is 23.5 Å². The van der Waals surface area contributed by atoms with E-state index in [0.717, 1.165) is 22.9 Å². The van der Waals surface area contributed by atoms with Gasteiger partial charge in [0.25, 0.3) is 5.91 Å². The molecule has 0 radical (unpaired) electrons. The van der Waals surface area contributed by atoms with Crippen LogP contribution in [-0.4, -0.2) is 32.7 Å². The maximum Gasteiger partial charge on any atom is 0.302 e. The van der Waals surface area contributed by atoms with E-state index in [9.17, 15) is 9.59 Å². The maximum atomic E-state index is 12.0. The molecule has 1 aliphatic rings. The Bertz CT molecular complexity index is 695. The van der Waals surface area contributed by atoms with Crippen molar-refractivity contribution >= 4 is 46.1 Å². The van der Waals surface area contributed by atoms with Crippen molar-refractivity contribution < 1.29 is 14.0 Å². The average Bonchev–Trinajstić information content (AvgIpc) is 3.10. The van der Waals surface area contributed by atoms with E-state index in [1.165, 1.54) is 17.6 Å². The van der Waals surface area contributed by atoms with Gasteiger partial charge in [0.15, 0.2) is 10.0 Å². The van der Waals surface area contributed by atoms with Crippen LogP contribution in [0.1, 0.15) is 30.3 Å². The highest BCUT2D eigenvalue weighted by molar-refractivity contribution is 8.01. The van der Waals surface area contributed by atoms with Crippen molar-refractivity contribution in [1.29, 1.82) is 0 Å². The highest BCUT2D eigenvalue weighted by Gasteiger charge is 2.30. The summed E-state index contributed by atoms with van der Waals surface area (Å²) in [5.41, 5.74) is 0.0750. The zero-order valence-electron chi connectivity index (χ0n) is 11.7. The first-order valence-electron chi connectivity index (χ1n) is 6.69. The minimum Gasteiger partial charge on any atom is -0.431 e. The Morgan fingerprint density at radius 2 is 2.23 bits per heavy atom. The molecule has 2 amide bonds. The van der Waals surface area contributed by atoms with Gasteiger partial charge >= 0.3 is 6.01 Å². The fraction of sp³-hybridized carbons (Fsp3) is 0.417. The molecular formula is C12H13N5O3S2. The number of nitrogens with one attached hydrogen (secondary N) is 2. The smallest absolute Gasteiger partial charge is 0.302 e. The van der Waals surface area contributed by atoms with E-state index in [4.69, 9.17) is 4.42 Å². The molecule has 0 saturated heterocycles. The Kier molecular flexibility index (Phi) is 4.39. The van der Waals surface area contributed by atoms with Crippen LogP contribution in [0.25, 0.3) is 0 Å². The minimum atomic E-state index is -0.458. The van der Waals surface area contributed by atoms with Crippen LogP contribution in [0.4, 0.5) is 11.1 Å². The van der Waals surface area contributed by atoms with Gasteiger partial charge in [0.1, 0.15) is 6.26 Å². The normalized spacial score (nSPS) is 13.9. The van der Waals surface area contributed by atoms with Crippen molar-refractivity contribution in [3.05, 3.63) is 12.0 Å². The number of oxazole rings is 1. The Balaban J connectivity index is 1.59. The predicted molar refractivity (Wildman–Crippen MR) is 82.1 cm³/mol. The maximum absolute atomic E-state index is 12.0. The van der Waals surface area contributed by atoms with Crippen LogP contribution < -0.4 is 10.6 Å². The molecule has 22 heavy (non-hydrogen) atoms. The summed E-state index contributed by atoms with van der Waals surface area (Å²) in [5, 5.41) is 13.3. The fourth-order valence-corrected chi connectivity index (χ4v) is 3.24. The van der Waals surface area contributed by atoms with Crippen LogP contribution in [0.5, 0.6) is 0 Å². The van der Waals surface area contributed by atoms with Crippen molar-refractivity contribution in [3.63, 3.8) is 0 Å². The van der Waals surface area contributed by atoms with Crippen molar-refractivity contribution in [2.24, 2.45) is 5.92 Å². The first kappa shape index (κ1) is 15.0. The Morgan fingerprint density at radius 1 is 1.41 bits per heavy atom. The topological polar surface area (TPSA) is 110 Å². The zero-order chi connectivity index (χ0) is 15.5. The second-order valence-corrected chi connectivity index (χ2v) is 7.05. The number of carbonyl (C=O) groups excluding carboxylic acids is 2. The van der Waals surface area contributed by atoms with Crippen molar-refractivity contribution in [3.8, 4) is 0 Å². The molecule has 10 heteroatoms. The van der Waals surface area contributed by atoms with Gasteiger partial charge in [-0.25, -0.2) is 0 Å². The number of anilines is 2. The summed E-state index contributed by atoms with van der Waals surface area (Å²) in [4.78, 5) is 27.5. The molecule has 1 aliphatic carbocycles. The largest absolute Gasteiger partial charge is 0.431 e. The summed E-state index contributed by atoms with van der Waals surface area (Å²) in [6.45, 7) is 2.01. The third-order valence-corrected chi connectivity index (χ3v) is 4.66. The van der Waals surface area contributed by atoms with Gasteiger partial charge in [-0.15, -0.1) is 10.2 Å². The number of amides is 2. The van der Waals surface area contributed by atoms with Gasteiger partial charge < -0.3 is 4.42 Å². The van der Waals surface area contributed by atoms with Gasteiger partial charge in [-0.2, -0.15) is 4.98 Å². The number of thioether (sulfide) groups is 1. The van der Waals surface area contributed by atoms with E-state index >= 15 is 0 Å². The molecule has 2 N–H and O–H groups in total. The van der Waals surface area contributed by atoms with E-state index in [1.54, 1.807) is 11.8 Å². The van der Waals surface area contributed by atoms with Crippen LogP contribution in [0.2, 0.25) is 0 Å². The van der Waals surface area contributed by atoms with Crippen molar-refractivity contribution in [2.45, 2.75) is 24.1 Å². The summed E-state index contributed by atoms with van der Waals surface area (Å²) in [7, 11) is 0. The predicted octanol–water partition coefficient (Wildman–Crippen LogP) is 2.24. The van der Waals surface area contributed by atoms with E-state index in [1.807, 2.05) is 6.92 Å². The van der Waals surface area contributed by atoms with Gasteiger partial charge in [-0.05, 0) is 18.6 Å². The SMILES string of the molecule is CCSc1nnc(NC(=O)c2coc(NC(=O)C3CC3)n2)s1. The van der Waals surface area contributed by atoms with Gasteiger partial charge in [0.05, 0.1) is 0 Å². The molecule has 0 bridgehead atoms. The molecule has 3 rings (SSSR count). The van der Waals surface area contributed by atoms with Crippen LogP contribution in [0.15, 0.2) is 15.0 Å². The second-order valence-electron chi connectivity index (χ2n) is 4.56. The summed E-state index contributed by atoms with van der Waals surface area (Å²) < 4.78 is 5.86. The third kappa shape index (κ3) is 3.63. The number of rotatable bonds is 6. The molecule has 1 fully saturated rings. The molecule has 2 aromatic heterocycles. The van der Waals surface area contributed by atoms with Gasteiger partial charge in [-0.1, -0.05) is 30.0 Å². The Hall–Kier alpha value is -1.94. The number of hydrogen-bond donors (Lipinski definition) is 2. The van der Waals surface area contributed by atoms with E-state index in [0.29, 0.717) is 5.13 Å². The number of aromatic nitrogens is 3. The molecule has 2 heterocycles. The highest BCUT2D eigenvalue weighted by Crippen LogP contribution is 2.30. The first-order chi connectivity index (χ1) is 10.7. The average molecular weight is 339 g/mol. The fourth-order valence-electron chi connectivity index (χ4n) is 1.59. The molecule has 2 aromatic rings. The number of carbonyl (C=O) groups is 2. The zero-order valence-corrected chi connectivity index (χ0v) is 13.3. The van der Waals surface area contributed by atoms with E-state index in [2.05, 4.69) is 25.8 Å². The summed E-state index contributed by atoms with van der Waals surface area (Å²) >= 11 is 2.84. The van der Waals surface area contributed by atoms with Crippen LogP contribution >= 0.6 is 23.1 Å². The first-order valence-corrected chi connectivity index (χ1v) is 8.50. The molecule has 8 nitrogen and oxygen atoms in total. The van der Waals surface area contributed by atoms with Crippen LogP contribution in [0.3, 0.4) is 0 Å². The highest BCUT2D eigenvalue weighted by atomic mass is 32.2. The number of hydrogen-bond acceptors (Lipinski definition) is 8. The summed E-state index contributed by atoms with van der Waals surface area (Å²) in [6.07, 6.45) is 2.96. The lowest BCUT2D eigenvalue weighted by Crippen LogP contribution is -2.15. The molecule has 1 saturated carbocycles. The molecule has 0 unspecified atom stereocenters. The van der Waals surface area contributed by atoms with Crippen molar-refractivity contribution in [1.82, 2.24) is 15.2 Å². The van der Waals surface area contributed by atoms with Crippen LogP contribution in [0, 0.1) is 5.92 Å². The lowest BCUT2D eigenvalue weighted by molar-refractivity contribution is -0.117. The molecular weight excluding hydrogens is 326 g/mol.